The van der Waals surface area contributed by atoms with E-state index in [1.54, 1.807) is 5.38 Å². The predicted octanol–water partition coefficient (Wildman–Crippen LogP) is -0.665. The van der Waals surface area contributed by atoms with Crippen molar-refractivity contribution in [2.45, 2.75) is 12.6 Å². The van der Waals surface area contributed by atoms with Gasteiger partial charge in [-0.15, -0.1) is 0 Å². The van der Waals surface area contributed by atoms with Crippen LogP contribution in [0.3, 0.4) is 0 Å². The first-order chi connectivity index (χ1) is 9.06. The van der Waals surface area contributed by atoms with Crippen LogP contribution in [0.5, 0.6) is 0 Å². The quantitative estimate of drug-likeness (QED) is 0.585. The summed E-state index contributed by atoms with van der Waals surface area (Å²) >= 11 is 1.01. The highest BCUT2D eigenvalue weighted by Gasteiger charge is 2.34. The monoisotopic (exact) mass is 287 g/mol. The van der Waals surface area contributed by atoms with Gasteiger partial charge in [0.2, 0.25) is 0 Å². The van der Waals surface area contributed by atoms with Gasteiger partial charge in [0.1, 0.15) is 5.92 Å². The molecule has 2 unspecified atom stereocenters. The highest BCUT2D eigenvalue weighted by molar-refractivity contribution is 7.07. The summed E-state index contributed by atoms with van der Waals surface area (Å²) in [5.41, 5.74) is 0.600. The first-order valence-electron chi connectivity index (χ1n) is 5.58. The molecular formula is C10H13N3O5S. The molecular weight excluding hydrogens is 274 g/mol. The minimum atomic E-state index is -0.995. The van der Waals surface area contributed by atoms with E-state index in [0.29, 0.717) is 5.69 Å². The second kappa shape index (κ2) is 5.85. The van der Waals surface area contributed by atoms with Gasteiger partial charge in [-0.2, -0.15) is 0 Å². The van der Waals surface area contributed by atoms with Crippen molar-refractivity contribution < 1.29 is 19.4 Å². The fourth-order valence-electron chi connectivity index (χ4n) is 1.74. The number of nitrogens with one attached hydrogen (secondary N) is 3. The van der Waals surface area contributed by atoms with E-state index in [0.717, 1.165) is 11.3 Å². The van der Waals surface area contributed by atoms with Crippen LogP contribution in [0.2, 0.25) is 0 Å². The number of carbonyl (C=O) groups is 2. The van der Waals surface area contributed by atoms with Gasteiger partial charge in [0.05, 0.1) is 25.8 Å². The van der Waals surface area contributed by atoms with Crippen molar-refractivity contribution in [2.75, 3.05) is 13.2 Å². The number of hydrogen-bond acceptors (Lipinski definition) is 5. The number of H-pyrrole nitrogens is 1. The highest BCUT2D eigenvalue weighted by atomic mass is 32.1. The Kier molecular flexibility index (Phi) is 4.17. The number of aromatic amines is 1. The van der Waals surface area contributed by atoms with E-state index in [2.05, 4.69) is 15.6 Å². The van der Waals surface area contributed by atoms with Crippen LogP contribution < -0.4 is 15.5 Å². The molecule has 0 aromatic carbocycles. The van der Waals surface area contributed by atoms with Crippen LogP contribution in [0, 0.1) is 5.92 Å². The van der Waals surface area contributed by atoms with E-state index in [-0.39, 0.29) is 24.6 Å². The average molecular weight is 287 g/mol. The molecule has 1 fully saturated rings. The van der Waals surface area contributed by atoms with E-state index >= 15 is 0 Å². The molecule has 0 saturated carbocycles. The summed E-state index contributed by atoms with van der Waals surface area (Å²) in [6, 6.07) is -1.03. The lowest BCUT2D eigenvalue weighted by Gasteiger charge is -2.15. The predicted molar refractivity (Wildman–Crippen MR) is 66.0 cm³/mol. The van der Waals surface area contributed by atoms with Gasteiger partial charge >= 0.3 is 16.9 Å². The fourth-order valence-corrected chi connectivity index (χ4v) is 2.32. The molecule has 0 bridgehead atoms. The van der Waals surface area contributed by atoms with Gasteiger partial charge in [-0.25, -0.2) is 4.79 Å². The summed E-state index contributed by atoms with van der Waals surface area (Å²) in [5.74, 6) is -1.73. The Balaban J connectivity index is 1.81. The number of aliphatic carboxylic acids is 1. The van der Waals surface area contributed by atoms with Gasteiger partial charge in [0.15, 0.2) is 0 Å². The third kappa shape index (κ3) is 3.55. The maximum absolute atomic E-state index is 11.6. The smallest absolute Gasteiger partial charge is 0.315 e. The first kappa shape index (κ1) is 13.6. The molecule has 0 radical (unpaired) electrons. The summed E-state index contributed by atoms with van der Waals surface area (Å²) in [4.78, 5) is 35.7. The molecule has 0 aliphatic carbocycles. The van der Waals surface area contributed by atoms with Crippen LogP contribution in [-0.2, 0) is 16.1 Å². The second-order valence-electron chi connectivity index (χ2n) is 4.09. The molecule has 1 aromatic rings. The number of carboxylic acids is 1. The lowest BCUT2D eigenvalue weighted by molar-refractivity contribution is -0.142. The molecule has 19 heavy (non-hydrogen) atoms. The van der Waals surface area contributed by atoms with Crippen molar-refractivity contribution in [1.82, 2.24) is 15.6 Å². The molecule has 1 saturated heterocycles. The lowest BCUT2D eigenvalue weighted by atomic mass is 10.0. The normalized spacial score (nSPS) is 22.1. The number of urea groups is 1. The number of amides is 2. The van der Waals surface area contributed by atoms with Crippen molar-refractivity contribution in [2.24, 2.45) is 5.92 Å². The van der Waals surface area contributed by atoms with E-state index in [9.17, 15) is 14.4 Å². The number of hydrogen-bond donors (Lipinski definition) is 4. The van der Waals surface area contributed by atoms with Crippen LogP contribution in [0.4, 0.5) is 4.79 Å². The molecule has 1 aliphatic heterocycles. The molecule has 2 rings (SSSR count). The van der Waals surface area contributed by atoms with Gasteiger partial charge in [-0.05, 0) is 0 Å². The Morgan fingerprint density at radius 3 is 2.95 bits per heavy atom. The van der Waals surface area contributed by atoms with Crippen LogP contribution in [0.1, 0.15) is 5.69 Å². The number of rotatable bonds is 4. The largest absolute Gasteiger partial charge is 0.481 e. The topological polar surface area (TPSA) is 121 Å². The Morgan fingerprint density at radius 1 is 1.53 bits per heavy atom. The van der Waals surface area contributed by atoms with Gasteiger partial charge in [-0.1, -0.05) is 11.3 Å². The summed E-state index contributed by atoms with van der Waals surface area (Å²) in [6.45, 7) is 0.452. The van der Waals surface area contributed by atoms with E-state index in [4.69, 9.17) is 9.84 Å². The van der Waals surface area contributed by atoms with E-state index in [1.807, 2.05) is 0 Å². The van der Waals surface area contributed by atoms with Crippen molar-refractivity contribution in [3.8, 4) is 0 Å². The van der Waals surface area contributed by atoms with E-state index in [1.165, 1.54) is 0 Å². The van der Waals surface area contributed by atoms with Crippen LogP contribution in [0.15, 0.2) is 10.2 Å². The zero-order valence-electron chi connectivity index (χ0n) is 9.84. The maximum Gasteiger partial charge on any atom is 0.315 e. The highest BCUT2D eigenvalue weighted by Crippen LogP contribution is 2.13. The molecule has 0 spiro atoms. The molecule has 8 nitrogen and oxygen atoms in total. The third-order valence-corrected chi connectivity index (χ3v) is 3.44. The third-order valence-electron chi connectivity index (χ3n) is 2.72. The van der Waals surface area contributed by atoms with Crippen LogP contribution in [0.25, 0.3) is 0 Å². The molecule has 1 aromatic heterocycles. The maximum atomic E-state index is 11.6. The van der Waals surface area contributed by atoms with Crippen LogP contribution >= 0.6 is 11.3 Å². The SMILES string of the molecule is O=C(NCc1csc(=O)[nH]1)NC1COCC1C(=O)O. The zero-order chi connectivity index (χ0) is 13.8. The minimum absolute atomic E-state index is 0.0954. The Hall–Kier alpha value is -1.87. The Labute approximate surface area is 111 Å². The number of thiazole rings is 1. The Bertz CT molecular complexity index is 525. The fraction of sp³-hybridized carbons (Fsp3) is 0.500. The molecule has 2 atom stereocenters. The molecule has 2 heterocycles. The summed E-state index contributed by atoms with van der Waals surface area (Å²) in [7, 11) is 0. The summed E-state index contributed by atoms with van der Waals surface area (Å²) in [6.07, 6.45) is 0. The Morgan fingerprint density at radius 2 is 2.32 bits per heavy atom. The molecule has 2 amide bonds. The minimum Gasteiger partial charge on any atom is -0.481 e. The van der Waals surface area contributed by atoms with Crippen molar-refractivity contribution in [3.63, 3.8) is 0 Å². The first-order valence-corrected chi connectivity index (χ1v) is 6.46. The number of ether oxygens (including phenoxy) is 1. The zero-order valence-corrected chi connectivity index (χ0v) is 10.7. The van der Waals surface area contributed by atoms with E-state index < -0.39 is 24.0 Å². The van der Waals surface area contributed by atoms with Crippen molar-refractivity contribution >= 4 is 23.3 Å². The number of carboxylic acid groups (broad SMARTS) is 1. The standard InChI is InChI=1S/C10H13N3O5S/c14-8(15)6-2-18-3-7(6)13-9(16)11-1-5-4-19-10(17)12-5/h4,6-7H,1-3H2,(H,12,17)(H,14,15)(H2,11,13,16). The summed E-state index contributed by atoms with van der Waals surface area (Å²) in [5, 5.41) is 15.6. The number of aromatic nitrogens is 1. The molecule has 104 valence electrons. The van der Waals surface area contributed by atoms with Crippen LogP contribution in [-0.4, -0.2) is 41.3 Å². The van der Waals surface area contributed by atoms with Crippen molar-refractivity contribution in [1.29, 1.82) is 0 Å². The van der Waals surface area contributed by atoms with Crippen molar-refractivity contribution in [3.05, 3.63) is 20.7 Å². The second-order valence-corrected chi connectivity index (χ2v) is 4.93. The van der Waals surface area contributed by atoms with Gasteiger partial charge in [-0.3, -0.25) is 9.59 Å². The molecule has 9 heteroatoms. The lowest BCUT2D eigenvalue weighted by Crippen LogP contribution is -2.47. The van der Waals surface area contributed by atoms with Gasteiger partial charge in [0.25, 0.3) is 0 Å². The summed E-state index contributed by atoms with van der Waals surface area (Å²) < 4.78 is 5.03. The molecule has 1 aliphatic rings. The van der Waals surface area contributed by atoms with Gasteiger partial charge in [0, 0.05) is 11.1 Å². The molecule has 4 N–H and O–H groups in total. The number of carbonyl (C=O) groups excluding carboxylic acids is 1. The van der Waals surface area contributed by atoms with Gasteiger partial charge < -0.3 is 25.5 Å². The average Bonchev–Trinajstić information content (AvgIpc) is 2.95.